The van der Waals surface area contributed by atoms with E-state index < -0.39 is 0 Å². The average molecular weight is 399 g/mol. The molecule has 2 aromatic heterocycles. The first-order valence-corrected chi connectivity index (χ1v) is 9.50. The number of nitrogens with one attached hydrogen (secondary N) is 1. The molecule has 0 fully saturated rings. The number of amides is 1. The molecule has 0 aliphatic carbocycles. The number of aromatic nitrogens is 4. The summed E-state index contributed by atoms with van der Waals surface area (Å²) in [6.45, 7) is 2.33. The third-order valence-electron chi connectivity index (χ3n) is 4.73. The smallest absolute Gasteiger partial charge is 0.274 e. The van der Waals surface area contributed by atoms with Gasteiger partial charge in [-0.1, -0.05) is 41.1 Å². The summed E-state index contributed by atoms with van der Waals surface area (Å²) in [4.78, 5) is 17.2. The van der Waals surface area contributed by atoms with Crippen LogP contribution in [0.2, 0.25) is 0 Å². The first kappa shape index (κ1) is 19.3. The Hall–Kier alpha value is -4.00. The topological polar surface area (TPSA) is 81.9 Å². The molecule has 1 amide bonds. The van der Waals surface area contributed by atoms with Gasteiger partial charge in [0.15, 0.2) is 5.69 Å². The number of benzene rings is 2. The summed E-state index contributed by atoms with van der Waals surface area (Å²) >= 11 is 0. The summed E-state index contributed by atoms with van der Waals surface area (Å²) in [7, 11) is 1.61. The molecule has 0 aliphatic heterocycles. The Morgan fingerprint density at radius 2 is 1.87 bits per heavy atom. The Balaban J connectivity index is 1.69. The number of methoxy groups -OCH3 is 1. The SMILES string of the molecule is COc1ccccc1CNC(=O)c1nnn(-c2ccc(C)cc2)c1-c1cccnc1. The predicted octanol–water partition coefficient (Wildman–Crippen LogP) is 3.58. The zero-order valence-corrected chi connectivity index (χ0v) is 16.7. The van der Waals surface area contributed by atoms with E-state index in [1.54, 1.807) is 24.2 Å². The number of carbonyl (C=O) groups is 1. The molecule has 0 aliphatic rings. The van der Waals surface area contributed by atoms with Crippen LogP contribution in [-0.4, -0.2) is 33.0 Å². The van der Waals surface area contributed by atoms with Crippen LogP contribution in [0.3, 0.4) is 0 Å². The molecule has 4 aromatic rings. The third-order valence-corrected chi connectivity index (χ3v) is 4.73. The van der Waals surface area contributed by atoms with Crippen LogP contribution >= 0.6 is 0 Å². The maximum atomic E-state index is 13.0. The van der Waals surface area contributed by atoms with Crippen LogP contribution < -0.4 is 10.1 Å². The van der Waals surface area contributed by atoms with Crippen molar-refractivity contribution < 1.29 is 9.53 Å². The van der Waals surface area contributed by atoms with Gasteiger partial charge in [-0.15, -0.1) is 5.10 Å². The van der Waals surface area contributed by atoms with Gasteiger partial charge < -0.3 is 10.1 Å². The Bertz CT molecular complexity index is 1150. The quantitative estimate of drug-likeness (QED) is 0.536. The monoisotopic (exact) mass is 399 g/mol. The predicted molar refractivity (Wildman–Crippen MR) is 113 cm³/mol. The highest BCUT2D eigenvalue weighted by Gasteiger charge is 2.22. The van der Waals surface area contributed by atoms with Gasteiger partial charge in [-0.2, -0.15) is 0 Å². The van der Waals surface area contributed by atoms with Gasteiger partial charge >= 0.3 is 0 Å². The van der Waals surface area contributed by atoms with E-state index in [1.165, 1.54) is 0 Å². The number of carbonyl (C=O) groups excluding carboxylic acids is 1. The zero-order valence-electron chi connectivity index (χ0n) is 16.7. The van der Waals surface area contributed by atoms with Crippen molar-refractivity contribution in [2.24, 2.45) is 0 Å². The molecule has 4 rings (SSSR count). The fraction of sp³-hybridized carbons (Fsp3) is 0.130. The minimum absolute atomic E-state index is 0.235. The van der Waals surface area contributed by atoms with Gasteiger partial charge in [-0.3, -0.25) is 9.78 Å². The minimum Gasteiger partial charge on any atom is -0.496 e. The van der Waals surface area contributed by atoms with Crippen LogP contribution in [0.4, 0.5) is 0 Å². The Morgan fingerprint density at radius 1 is 1.07 bits per heavy atom. The first-order chi connectivity index (χ1) is 14.7. The Morgan fingerprint density at radius 3 is 2.60 bits per heavy atom. The lowest BCUT2D eigenvalue weighted by molar-refractivity contribution is 0.0946. The van der Waals surface area contributed by atoms with Crippen LogP contribution in [0.5, 0.6) is 5.75 Å². The van der Waals surface area contributed by atoms with Crippen LogP contribution in [0.1, 0.15) is 21.6 Å². The molecule has 1 N–H and O–H groups in total. The molecular weight excluding hydrogens is 378 g/mol. The second-order valence-corrected chi connectivity index (χ2v) is 6.77. The molecule has 0 bridgehead atoms. The molecule has 0 spiro atoms. The molecular formula is C23H21N5O2. The normalized spacial score (nSPS) is 10.6. The maximum Gasteiger partial charge on any atom is 0.274 e. The van der Waals surface area contributed by atoms with E-state index in [0.29, 0.717) is 18.0 Å². The van der Waals surface area contributed by atoms with Gasteiger partial charge in [-0.05, 0) is 37.3 Å². The summed E-state index contributed by atoms with van der Waals surface area (Å²) in [6, 6.07) is 19.1. The molecule has 7 heteroatoms. The summed E-state index contributed by atoms with van der Waals surface area (Å²) < 4.78 is 7.02. The summed E-state index contributed by atoms with van der Waals surface area (Å²) in [5, 5.41) is 11.4. The van der Waals surface area contributed by atoms with Crippen molar-refractivity contribution in [3.05, 3.63) is 89.9 Å². The summed E-state index contributed by atoms with van der Waals surface area (Å²) in [5.74, 6) is 0.395. The van der Waals surface area contributed by atoms with Gasteiger partial charge in [0.25, 0.3) is 5.91 Å². The van der Waals surface area contributed by atoms with E-state index in [9.17, 15) is 4.79 Å². The highest BCUT2D eigenvalue weighted by atomic mass is 16.5. The first-order valence-electron chi connectivity index (χ1n) is 9.50. The van der Waals surface area contributed by atoms with Crippen LogP contribution in [0, 0.1) is 6.92 Å². The number of pyridine rings is 1. The molecule has 0 radical (unpaired) electrons. The lowest BCUT2D eigenvalue weighted by Gasteiger charge is -2.10. The number of para-hydroxylation sites is 1. The Kier molecular flexibility index (Phi) is 5.52. The number of ether oxygens (including phenoxy) is 1. The van der Waals surface area contributed by atoms with Crippen molar-refractivity contribution in [2.45, 2.75) is 13.5 Å². The number of aryl methyl sites for hydroxylation is 1. The Labute approximate surface area is 174 Å². The molecule has 30 heavy (non-hydrogen) atoms. The summed E-state index contributed by atoms with van der Waals surface area (Å²) in [6.07, 6.45) is 3.38. The lowest BCUT2D eigenvalue weighted by Crippen LogP contribution is -2.24. The molecule has 2 heterocycles. The maximum absolute atomic E-state index is 13.0. The van der Waals surface area contributed by atoms with Crippen molar-refractivity contribution in [1.29, 1.82) is 0 Å². The average Bonchev–Trinajstić information content (AvgIpc) is 3.24. The van der Waals surface area contributed by atoms with Gasteiger partial charge in [0, 0.05) is 30.1 Å². The summed E-state index contributed by atoms with van der Waals surface area (Å²) in [5.41, 5.74) is 4.41. The molecule has 150 valence electrons. The molecule has 7 nitrogen and oxygen atoms in total. The second kappa shape index (κ2) is 8.57. The van der Waals surface area contributed by atoms with Crippen molar-refractivity contribution in [1.82, 2.24) is 25.3 Å². The van der Waals surface area contributed by atoms with E-state index in [-0.39, 0.29) is 11.6 Å². The molecule has 0 saturated carbocycles. The van der Waals surface area contributed by atoms with E-state index in [2.05, 4.69) is 20.6 Å². The van der Waals surface area contributed by atoms with Gasteiger partial charge in [0.2, 0.25) is 0 Å². The van der Waals surface area contributed by atoms with Crippen molar-refractivity contribution >= 4 is 5.91 Å². The van der Waals surface area contributed by atoms with E-state index in [0.717, 1.165) is 22.4 Å². The standard InChI is InChI=1S/C23H21N5O2/c1-16-9-11-19(12-10-16)28-22(18-7-5-13-24-14-18)21(26-27-28)23(29)25-15-17-6-3-4-8-20(17)30-2/h3-14H,15H2,1-2H3,(H,25,29). The van der Waals surface area contributed by atoms with Gasteiger partial charge in [0.05, 0.1) is 12.8 Å². The fourth-order valence-electron chi connectivity index (χ4n) is 3.17. The number of rotatable bonds is 6. The van der Waals surface area contributed by atoms with E-state index in [1.807, 2.05) is 67.6 Å². The number of nitrogens with zero attached hydrogens (tertiary/aromatic N) is 4. The highest BCUT2D eigenvalue weighted by Crippen LogP contribution is 2.25. The molecule has 0 atom stereocenters. The van der Waals surface area contributed by atoms with Crippen molar-refractivity contribution in [3.63, 3.8) is 0 Å². The zero-order chi connectivity index (χ0) is 20.9. The third kappa shape index (κ3) is 3.91. The van der Waals surface area contributed by atoms with Crippen LogP contribution in [-0.2, 0) is 6.54 Å². The largest absolute Gasteiger partial charge is 0.496 e. The number of hydrogen-bond acceptors (Lipinski definition) is 5. The fourth-order valence-corrected chi connectivity index (χ4v) is 3.17. The second-order valence-electron chi connectivity index (χ2n) is 6.77. The minimum atomic E-state index is -0.321. The van der Waals surface area contributed by atoms with Gasteiger partial charge in [0.1, 0.15) is 11.4 Å². The van der Waals surface area contributed by atoms with E-state index in [4.69, 9.17) is 4.74 Å². The molecule has 0 saturated heterocycles. The highest BCUT2D eigenvalue weighted by molar-refractivity contribution is 5.98. The lowest BCUT2D eigenvalue weighted by atomic mass is 10.1. The van der Waals surface area contributed by atoms with Crippen LogP contribution in [0.15, 0.2) is 73.1 Å². The van der Waals surface area contributed by atoms with Crippen molar-refractivity contribution in [3.8, 4) is 22.7 Å². The molecule has 2 aromatic carbocycles. The number of hydrogen-bond donors (Lipinski definition) is 1. The van der Waals surface area contributed by atoms with E-state index >= 15 is 0 Å². The molecule has 0 unspecified atom stereocenters. The van der Waals surface area contributed by atoms with Crippen molar-refractivity contribution in [2.75, 3.05) is 7.11 Å². The van der Waals surface area contributed by atoms with Gasteiger partial charge in [-0.25, -0.2) is 4.68 Å². The van der Waals surface area contributed by atoms with Crippen LogP contribution in [0.25, 0.3) is 16.9 Å².